The molecule has 1 aliphatic rings. The molecule has 1 aromatic rings. The Bertz CT molecular complexity index is 515. The fourth-order valence-corrected chi connectivity index (χ4v) is 2.08. The van der Waals surface area contributed by atoms with Gasteiger partial charge in [-0.1, -0.05) is 26.0 Å². The maximum atomic E-state index is 12.0. The summed E-state index contributed by atoms with van der Waals surface area (Å²) < 4.78 is 15.6. The third-order valence-electron chi connectivity index (χ3n) is 3.18. The molecule has 0 aromatic heterocycles. The molecule has 0 radical (unpaired) electrons. The number of fused-ring (bicyclic) bond motifs is 1. The summed E-state index contributed by atoms with van der Waals surface area (Å²) in [7, 11) is 0. The number of hydroxylamine groups is 2. The molecule has 1 N–H and O–H groups in total. The van der Waals surface area contributed by atoms with E-state index in [9.17, 15) is 9.59 Å². The smallest absolute Gasteiger partial charge is 0.285 e. The minimum atomic E-state index is -0.457. The number of ether oxygens (including phenoxy) is 3. The molecule has 26 heavy (non-hydrogen) atoms. The fourth-order valence-electron chi connectivity index (χ4n) is 2.08. The molecule has 0 aliphatic carbocycles. The van der Waals surface area contributed by atoms with Crippen molar-refractivity contribution in [2.24, 2.45) is 0 Å². The molecule has 2 amide bonds. The highest BCUT2D eigenvalue weighted by molar-refractivity contribution is 6.20. The molecule has 0 saturated heterocycles. The summed E-state index contributed by atoms with van der Waals surface area (Å²) in [6.45, 7) is 6.23. The predicted molar refractivity (Wildman–Crippen MR) is 93.8 cm³/mol. The van der Waals surface area contributed by atoms with Crippen LogP contribution in [0, 0.1) is 0 Å². The maximum Gasteiger partial charge on any atom is 0.285 e. The van der Waals surface area contributed by atoms with Crippen molar-refractivity contribution in [2.45, 2.75) is 13.8 Å². The number of hydrogen-bond acceptors (Lipinski definition) is 7. The predicted octanol–water partition coefficient (Wildman–Crippen LogP) is 1.28. The second kappa shape index (κ2) is 13.4. The quantitative estimate of drug-likeness (QED) is 0.438. The Kier molecular flexibility index (Phi) is 11.4. The van der Waals surface area contributed by atoms with Crippen LogP contribution in [0.5, 0.6) is 0 Å². The Labute approximate surface area is 153 Å². The van der Waals surface area contributed by atoms with Crippen molar-refractivity contribution in [3.05, 3.63) is 35.4 Å². The summed E-state index contributed by atoms with van der Waals surface area (Å²) in [4.78, 5) is 29.2. The van der Waals surface area contributed by atoms with Gasteiger partial charge in [0.05, 0.1) is 64.0 Å². The normalized spacial score (nSPS) is 12.8. The van der Waals surface area contributed by atoms with Crippen molar-refractivity contribution in [3.8, 4) is 0 Å². The first-order valence-corrected chi connectivity index (χ1v) is 8.70. The number of benzene rings is 1. The Balaban J connectivity index is 0.00000163. The Morgan fingerprint density at radius 2 is 1.19 bits per heavy atom. The van der Waals surface area contributed by atoms with Crippen LogP contribution in [0.25, 0.3) is 0 Å². The highest BCUT2D eigenvalue weighted by Gasteiger charge is 2.36. The third-order valence-corrected chi connectivity index (χ3v) is 3.18. The van der Waals surface area contributed by atoms with E-state index in [4.69, 9.17) is 24.2 Å². The molecular weight excluding hydrogens is 342 g/mol. The van der Waals surface area contributed by atoms with Crippen LogP contribution >= 0.6 is 0 Å². The lowest BCUT2D eigenvalue weighted by molar-refractivity contribution is -0.108. The number of carbonyl (C=O) groups excluding carboxylic acids is 2. The molecule has 1 heterocycles. The molecule has 8 nitrogen and oxygen atoms in total. The molecule has 2 rings (SSSR count). The molecule has 1 aromatic carbocycles. The van der Waals surface area contributed by atoms with E-state index >= 15 is 0 Å². The average molecular weight is 369 g/mol. The molecule has 1 aliphatic heterocycles. The SMILES string of the molecule is CC.O=C1c2ccccc2C(=O)N1OCCOCCOCCOCCO. The van der Waals surface area contributed by atoms with Gasteiger partial charge in [-0.3, -0.25) is 14.4 Å². The zero-order chi connectivity index (χ0) is 19.2. The Hall–Kier alpha value is -1.84. The van der Waals surface area contributed by atoms with Gasteiger partial charge in [0, 0.05) is 0 Å². The third kappa shape index (κ3) is 6.81. The van der Waals surface area contributed by atoms with Gasteiger partial charge in [-0.15, -0.1) is 5.06 Å². The van der Waals surface area contributed by atoms with E-state index < -0.39 is 11.8 Å². The van der Waals surface area contributed by atoms with Crippen LogP contribution in [-0.2, 0) is 19.0 Å². The van der Waals surface area contributed by atoms with E-state index in [0.717, 1.165) is 5.06 Å². The minimum absolute atomic E-state index is 0.00375. The van der Waals surface area contributed by atoms with E-state index in [0.29, 0.717) is 44.2 Å². The molecule has 0 bridgehead atoms. The summed E-state index contributed by atoms with van der Waals surface area (Å²) in [6, 6.07) is 6.59. The molecule has 0 atom stereocenters. The molecule has 0 unspecified atom stereocenters. The largest absolute Gasteiger partial charge is 0.394 e. The van der Waals surface area contributed by atoms with E-state index in [2.05, 4.69) is 0 Å². The topological polar surface area (TPSA) is 94.5 Å². The number of nitrogens with zero attached hydrogens (tertiary/aromatic N) is 1. The van der Waals surface area contributed by atoms with Crippen LogP contribution in [0.3, 0.4) is 0 Å². The average Bonchev–Trinajstić information content (AvgIpc) is 2.92. The number of rotatable bonds is 12. The standard InChI is InChI=1S/C16H21NO7.C2H6/c18-5-6-21-7-8-22-9-10-23-11-12-24-17-15(19)13-3-1-2-4-14(13)16(17)20;1-2/h1-4,18H,5-12H2;1-2H3. The maximum absolute atomic E-state index is 12.0. The van der Waals surface area contributed by atoms with Gasteiger partial charge in [0.1, 0.15) is 0 Å². The van der Waals surface area contributed by atoms with E-state index in [1.54, 1.807) is 24.3 Å². The van der Waals surface area contributed by atoms with E-state index in [1.807, 2.05) is 13.8 Å². The Morgan fingerprint density at radius 3 is 1.65 bits per heavy atom. The first-order chi connectivity index (χ1) is 12.8. The van der Waals surface area contributed by atoms with Crippen molar-refractivity contribution in [1.82, 2.24) is 5.06 Å². The molecular formula is C18H27NO7. The van der Waals surface area contributed by atoms with Gasteiger partial charge in [0.15, 0.2) is 0 Å². The van der Waals surface area contributed by atoms with Crippen molar-refractivity contribution >= 4 is 11.8 Å². The summed E-state index contributed by atoms with van der Waals surface area (Å²) in [5, 5.41) is 9.28. The van der Waals surface area contributed by atoms with Crippen LogP contribution in [0.2, 0.25) is 0 Å². The first-order valence-electron chi connectivity index (χ1n) is 8.70. The van der Waals surface area contributed by atoms with Crippen molar-refractivity contribution in [2.75, 3.05) is 52.9 Å². The Morgan fingerprint density at radius 1 is 0.769 bits per heavy atom. The van der Waals surface area contributed by atoms with Crippen LogP contribution < -0.4 is 0 Å². The number of hydrogen-bond donors (Lipinski definition) is 1. The highest BCUT2D eigenvalue weighted by Crippen LogP contribution is 2.22. The van der Waals surface area contributed by atoms with Gasteiger partial charge >= 0.3 is 0 Å². The lowest BCUT2D eigenvalue weighted by atomic mass is 10.1. The van der Waals surface area contributed by atoms with Crippen LogP contribution in [-0.4, -0.2) is 74.8 Å². The van der Waals surface area contributed by atoms with E-state index in [1.165, 1.54) is 0 Å². The zero-order valence-electron chi connectivity index (χ0n) is 15.3. The van der Waals surface area contributed by atoms with Gasteiger partial charge < -0.3 is 19.3 Å². The molecule has 0 spiro atoms. The molecule has 0 saturated carbocycles. The van der Waals surface area contributed by atoms with Crippen molar-refractivity contribution in [1.29, 1.82) is 0 Å². The number of aliphatic hydroxyl groups excluding tert-OH is 1. The summed E-state index contributed by atoms with van der Waals surface area (Å²) >= 11 is 0. The number of carbonyl (C=O) groups is 2. The number of aliphatic hydroxyl groups is 1. The molecule has 0 fully saturated rings. The van der Waals surface area contributed by atoms with Gasteiger partial charge in [-0.2, -0.15) is 0 Å². The fraction of sp³-hybridized carbons (Fsp3) is 0.556. The summed E-state index contributed by atoms with van der Waals surface area (Å²) in [6.07, 6.45) is 0. The van der Waals surface area contributed by atoms with Crippen LogP contribution in [0.4, 0.5) is 0 Å². The van der Waals surface area contributed by atoms with Gasteiger partial charge in [0.2, 0.25) is 0 Å². The second-order valence-electron chi connectivity index (χ2n) is 4.84. The second-order valence-corrected chi connectivity index (χ2v) is 4.84. The van der Waals surface area contributed by atoms with Crippen LogP contribution in [0.15, 0.2) is 24.3 Å². The van der Waals surface area contributed by atoms with Gasteiger partial charge in [-0.25, -0.2) is 0 Å². The van der Waals surface area contributed by atoms with Crippen LogP contribution in [0.1, 0.15) is 34.6 Å². The highest BCUT2D eigenvalue weighted by atomic mass is 16.7. The summed E-state index contributed by atoms with van der Waals surface area (Å²) in [5.74, 6) is -0.913. The first kappa shape index (κ1) is 22.2. The summed E-state index contributed by atoms with van der Waals surface area (Å²) in [5.41, 5.74) is 0.695. The minimum Gasteiger partial charge on any atom is -0.394 e. The van der Waals surface area contributed by atoms with Gasteiger partial charge in [0.25, 0.3) is 11.8 Å². The molecule has 146 valence electrons. The van der Waals surface area contributed by atoms with Crippen molar-refractivity contribution in [3.63, 3.8) is 0 Å². The lowest BCUT2D eigenvalue weighted by Crippen LogP contribution is -2.31. The monoisotopic (exact) mass is 369 g/mol. The van der Waals surface area contributed by atoms with E-state index in [-0.39, 0.29) is 19.8 Å². The molecule has 8 heteroatoms. The van der Waals surface area contributed by atoms with Crippen molar-refractivity contribution < 1.29 is 33.7 Å². The van der Waals surface area contributed by atoms with Gasteiger partial charge in [-0.05, 0) is 12.1 Å². The zero-order valence-corrected chi connectivity index (χ0v) is 15.3. The lowest BCUT2D eigenvalue weighted by Gasteiger charge is -2.13. The number of amides is 2. The number of imide groups is 1.